The number of halogens is 2. The predicted molar refractivity (Wildman–Crippen MR) is 67.5 cm³/mol. The molecule has 0 saturated carbocycles. The van der Waals surface area contributed by atoms with Gasteiger partial charge in [-0.1, -0.05) is 0 Å². The first-order chi connectivity index (χ1) is 9.01. The zero-order valence-electron chi connectivity index (χ0n) is 10.1. The molecule has 0 aliphatic heterocycles. The number of ether oxygens (including phenoxy) is 1. The summed E-state index contributed by atoms with van der Waals surface area (Å²) in [6.07, 6.45) is 0. The second-order valence-corrected chi connectivity index (χ2v) is 3.96. The van der Waals surface area contributed by atoms with E-state index in [0.29, 0.717) is 5.69 Å². The van der Waals surface area contributed by atoms with E-state index < -0.39 is 17.6 Å². The molecule has 3 nitrogen and oxygen atoms in total. The highest BCUT2D eigenvalue weighted by Gasteiger charge is 2.12. The Morgan fingerprint density at radius 3 is 2.58 bits per heavy atom. The fourth-order valence-electron chi connectivity index (χ4n) is 1.74. The number of hydrogen-bond acceptors (Lipinski definition) is 3. The van der Waals surface area contributed by atoms with Crippen molar-refractivity contribution in [2.75, 3.05) is 12.8 Å². The fourth-order valence-corrected chi connectivity index (χ4v) is 1.74. The lowest BCUT2D eigenvalue weighted by atomic mass is 10.0. The van der Waals surface area contributed by atoms with E-state index in [1.54, 1.807) is 0 Å². The maximum atomic E-state index is 13.7. The monoisotopic (exact) mass is 263 g/mol. The molecule has 2 aromatic rings. The van der Waals surface area contributed by atoms with Crippen molar-refractivity contribution in [3.8, 4) is 11.1 Å². The standard InChI is InChI=1S/C14H11F2NO2/c1-19-14(18)9-4-8(5-10(15)6-9)12-7-11(17)2-3-13(12)16/h2-7H,17H2,1H3. The molecule has 0 radical (unpaired) electrons. The van der Waals surface area contributed by atoms with Crippen molar-refractivity contribution < 1.29 is 18.3 Å². The van der Waals surface area contributed by atoms with Crippen LogP contribution in [0.2, 0.25) is 0 Å². The molecule has 0 aromatic heterocycles. The summed E-state index contributed by atoms with van der Waals surface area (Å²) in [6.45, 7) is 0. The van der Waals surface area contributed by atoms with E-state index in [0.717, 1.165) is 12.1 Å². The molecule has 2 rings (SSSR count). The first kappa shape index (κ1) is 13.0. The van der Waals surface area contributed by atoms with Gasteiger partial charge >= 0.3 is 5.97 Å². The van der Waals surface area contributed by atoms with Gasteiger partial charge in [0, 0.05) is 11.3 Å². The number of hydrogen-bond donors (Lipinski definition) is 1. The smallest absolute Gasteiger partial charge is 0.337 e. The highest BCUT2D eigenvalue weighted by Crippen LogP contribution is 2.27. The van der Waals surface area contributed by atoms with Gasteiger partial charge in [0.1, 0.15) is 11.6 Å². The van der Waals surface area contributed by atoms with E-state index in [4.69, 9.17) is 5.73 Å². The molecule has 2 aromatic carbocycles. The first-order valence-corrected chi connectivity index (χ1v) is 5.45. The maximum Gasteiger partial charge on any atom is 0.337 e. The van der Waals surface area contributed by atoms with E-state index >= 15 is 0 Å². The molecular formula is C14H11F2NO2. The van der Waals surface area contributed by atoms with E-state index in [1.165, 1.54) is 31.4 Å². The van der Waals surface area contributed by atoms with E-state index in [1.807, 2.05) is 0 Å². The number of carbonyl (C=O) groups excluding carboxylic acids is 1. The van der Waals surface area contributed by atoms with Crippen molar-refractivity contribution >= 4 is 11.7 Å². The molecule has 98 valence electrons. The third kappa shape index (κ3) is 2.70. The Morgan fingerprint density at radius 1 is 1.16 bits per heavy atom. The Labute approximate surface area is 108 Å². The molecule has 0 unspecified atom stereocenters. The molecule has 0 fully saturated rings. The van der Waals surface area contributed by atoms with Crippen LogP contribution in [0.3, 0.4) is 0 Å². The molecule has 19 heavy (non-hydrogen) atoms. The number of esters is 1. The van der Waals surface area contributed by atoms with Gasteiger partial charge in [0.25, 0.3) is 0 Å². The molecule has 0 saturated heterocycles. The third-order valence-corrected chi connectivity index (χ3v) is 2.62. The van der Waals surface area contributed by atoms with Crippen molar-refractivity contribution in [2.45, 2.75) is 0 Å². The van der Waals surface area contributed by atoms with Gasteiger partial charge in [-0.15, -0.1) is 0 Å². The van der Waals surface area contributed by atoms with Gasteiger partial charge in [-0.25, -0.2) is 13.6 Å². The minimum atomic E-state index is -0.690. The summed E-state index contributed by atoms with van der Waals surface area (Å²) < 4.78 is 31.7. The van der Waals surface area contributed by atoms with Crippen LogP contribution in [0, 0.1) is 11.6 Å². The molecule has 0 heterocycles. The minimum Gasteiger partial charge on any atom is -0.465 e. The summed E-state index contributed by atoms with van der Waals surface area (Å²) in [5.74, 6) is -1.89. The quantitative estimate of drug-likeness (QED) is 0.669. The summed E-state index contributed by atoms with van der Waals surface area (Å²) in [6, 6.07) is 7.48. The Balaban J connectivity index is 2.59. The second-order valence-electron chi connectivity index (χ2n) is 3.96. The van der Waals surface area contributed by atoms with Gasteiger partial charge in [0.15, 0.2) is 0 Å². The third-order valence-electron chi connectivity index (χ3n) is 2.62. The summed E-state index contributed by atoms with van der Waals surface area (Å²) in [4.78, 5) is 11.4. The SMILES string of the molecule is COC(=O)c1cc(F)cc(-c2cc(N)ccc2F)c1. The van der Waals surface area contributed by atoms with Crippen LogP contribution in [0.1, 0.15) is 10.4 Å². The van der Waals surface area contributed by atoms with Crippen molar-refractivity contribution in [1.82, 2.24) is 0 Å². The van der Waals surface area contributed by atoms with Gasteiger partial charge < -0.3 is 10.5 Å². The number of nitrogens with two attached hydrogens (primary N) is 1. The second kappa shape index (κ2) is 5.06. The minimum absolute atomic E-state index is 0.0133. The average Bonchev–Trinajstić information content (AvgIpc) is 2.39. The van der Waals surface area contributed by atoms with Crippen LogP contribution in [0.25, 0.3) is 11.1 Å². The molecule has 0 aliphatic carbocycles. The highest BCUT2D eigenvalue weighted by molar-refractivity contribution is 5.91. The molecule has 0 amide bonds. The lowest BCUT2D eigenvalue weighted by Crippen LogP contribution is -2.02. The molecule has 0 aliphatic rings. The van der Waals surface area contributed by atoms with Crippen LogP contribution in [0.4, 0.5) is 14.5 Å². The number of methoxy groups -OCH3 is 1. The molecule has 0 bridgehead atoms. The van der Waals surface area contributed by atoms with Crippen LogP contribution in [0.15, 0.2) is 36.4 Å². The van der Waals surface area contributed by atoms with Crippen LogP contribution in [0.5, 0.6) is 0 Å². The topological polar surface area (TPSA) is 52.3 Å². The van der Waals surface area contributed by atoms with E-state index in [9.17, 15) is 13.6 Å². The first-order valence-electron chi connectivity index (χ1n) is 5.45. The Morgan fingerprint density at radius 2 is 1.89 bits per heavy atom. The predicted octanol–water partition coefficient (Wildman–Crippen LogP) is 3.00. The van der Waals surface area contributed by atoms with Crippen LogP contribution >= 0.6 is 0 Å². The summed E-state index contributed by atoms with van der Waals surface area (Å²) in [5, 5.41) is 0. The van der Waals surface area contributed by atoms with Gasteiger partial charge in [-0.05, 0) is 42.0 Å². The number of rotatable bonds is 2. The van der Waals surface area contributed by atoms with E-state index in [-0.39, 0.29) is 16.7 Å². The largest absolute Gasteiger partial charge is 0.465 e. The number of anilines is 1. The van der Waals surface area contributed by atoms with Gasteiger partial charge in [-0.2, -0.15) is 0 Å². The van der Waals surface area contributed by atoms with Crippen molar-refractivity contribution in [1.29, 1.82) is 0 Å². The van der Waals surface area contributed by atoms with Crippen LogP contribution in [-0.4, -0.2) is 13.1 Å². The van der Waals surface area contributed by atoms with Crippen LogP contribution in [-0.2, 0) is 4.74 Å². The summed E-state index contributed by atoms with van der Waals surface area (Å²) in [7, 11) is 1.19. The van der Waals surface area contributed by atoms with Gasteiger partial charge in [0.05, 0.1) is 12.7 Å². The highest BCUT2D eigenvalue weighted by atomic mass is 19.1. The molecule has 0 spiro atoms. The average molecular weight is 263 g/mol. The lowest BCUT2D eigenvalue weighted by Gasteiger charge is -2.07. The number of carbonyl (C=O) groups is 1. The molecule has 0 atom stereocenters. The lowest BCUT2D eigenvalue weighted by molar-refractivity contribution is 0.0600. The van der Waals surface area contributed by atoms with Gasteiger partial charge in [-0.3, -0.25) is 0 Å². The van der Waals surface area contributed by atoms with Crippen molar-refractivity contribution in [3.05, 3.63) is 53.6 Å². The summed E-state index contributed by atoms with van der Waals surface area (Å²) in [5.41, 5.74) is 6.29. The van der Waals surface area contributed by atoms with E-state index in [2.05, 4.69) is 4.74 Å². The number of benzene rings is 2. The van der Waals surface area contributed by atoms with Crippen LogP contribution < -0.4 is 5.73 Å². The Bertz CT molecular complexity index is 641. The molecular weight excluding hydrogens is 252 g/mol. The molecule has 5 heteroatoms. The maximum absolute atomic E-state index is 13.7. The van der Waals surface area contributed by atoms with Gasteiger partial charge in [0.2, 0.25) is 0 Å². The number of nitrogen functional groups attached to an aromatic ring is 1. The van der Waals surface area contributed by atoms with Crippen molar-refractivity contribution in [2.24, 2.45) is 0 Å². The zero-order valence-corrected chi connectivity index (χ0v) is 10.1. The Hall–Kier alpha value is -2.43. The Kier molecular flexibility index (Phi) is 3.46. The van der Waals surface area contributed by atoms with Crippen molar-refractivity contribution in [3.63, 3.8) is 0 Å². The normalized spacial score (nSPS) is 10.3. The molecule has 2 N–H and O–H groups in total. The summed E-state index contributed by atoms with van der Waals surface area (Å²) >= 11 is 0. The fraction of sp³-hybridized carbons (Fsp3) is 0.0714. The zero-order chi connectivity index (χ0) is 14.0.